The maximum atomic E-state index is 3.60. The third-order valence-electron chi connectivity index (χ3n) is 2.25. The summed E-state index contributed by atoms with van der Waals surface area (Å²) >= 11 is 3.75. The molecule has 0 bridgehead atoms. The lowest BCUT2D eigenvalue weighted by Gasteiger charge is -2.17. The molecule has 1 unspecified atom stereocenters. The SMILES string of the molecule is CCCNC(CSC)c1ccsc1C. The second-order valence-electron chi connectivity index (χ2n) is 3.39. The second kappa shape index (κ2) is 6.49. The van der Waals surface area contributed by atoms with E-state index in [4.69, 9.17) is 0 Å². The zero-order chi connectivity index (χ0) is 10.4. The van der Waals surface area contributed by atoms with Crippen molar-refractivity contribution in [2.24, 2.45) is 0 Å². The molecule has 0 fully saturated rings. The van der Waals surface area contributed by atoms with Crippen molar-refractivity contribution >= 4 is 23.1 Å². The van der Waals surface area contributed by atoms with Gasteiger partial charge in [-0.25, -0.2) is 0 Å². The van der Waals surface area contributed by atoms with Gasteiger partial charge in [0.15, 0.2) is 0 Å². The summed E-state index contributed by atoms with van der Waals surface area (Å²) < 4.78 is 0. The van der Waals surface area contributed by atoms with Crippen LogP contribution in [0.2, 0.25) is 0 Å². The molecule has 1 nitrogen and oxygen atoms in total. The quantitative estimate of drug-likeness (QED) is 0.802. The topological polar surface area (TPSA) is 12.0 Å². The van der Waals surface area contributed by atoms with Gasteiger partial charge in [-0.15, -0.1) is 11.3 Å². The fourth-order valence-corrected chi connectivity index (χ4v) is 2.90. The summed E-state index contributed by atoms with van der Waals surface area (Å²) in [6.45, 7) is 5.53. The molecule has 0 saturated heterocycles. The first-order chi connectivity index (χ1) is 6.79. The van der Waals surface area contributed by atoms with Crippen LogP contribution in [0.3, 0.4) is 0 Å². The Morgan fingerprint density at radius 1 is 1.57 bits per heavy atom. The van der Waals surface area contributed by atoms with Crippen LogP contribution in [-0.2, 0) is 0 Å². The normalized spacial score (nSPS) is 13.1. The van der Waals surface area contributed by atoms with Crippen molar-refractivity contribution in [1.82, 2.24) is 5.32 Å². The standard InChI is InChI=1S/C11H19NS2/c1-4-6-12-11(8-13-3)10-5-7-14-9(10)2/h5,7,11-12H,4,6,8H2,1-3H3. The van der Waals surface area contributed by atoms with E-state index < -0.39 is 0 Å². The Labute approximate surface area is 95.3 Å². The fraction of sp³-hybridized carbons (Fsp3) is 0.636. The molecule has 0 amide bonds. The number of nitrogens with one attached hydrogen (secondary N) is 1. The van der Waals surface area contributed by atoms with E-state index in [1.807, 2.05) is 23.1 Å². The van der Waals surface area contributed by atoms with E-state index in [2.05, 4.69) is 36.9 Å². The van der Waals surface area contributed by atoms with Crippen molar-refractivity contribution in [2.45, 2.75) is 26.3 Å². The van der Waals surface area contributed by atoms with Gasteiger partial charge in [0.1, 0.15) is 0 Å². The Kier molecular flexibility index (Phi) is 5.60. The first kappa shape index (κ1) is 12.1. The van der Waals surface area contributed by atoms with Crippen LogP contribution in [-0.4, -0.2) is 18.6 Å². The van der Waals surface area contributed by atoms with E-state index in [0.717, 1.165) is 12.3 Å². The van der Waals surface area contributed by atoms with Crippen molar-refractivity contribution < 1.29 is 0 Å². The lowest BCUT2D eigenvalue weighted by molar-refractivity contribution is 0.577. The van der Waals surface area contributed by atoms with Gasteiger partial charge in [0.2, 0.25) is 0 Å². The Morgan fingerprint density at radius 2 is 2.36 bits per heavy atom. The van der Waals surface area contributed by atoms with Gasteiger partial charge in [-0.1, -0.05) is 6.92 Å². The van der Waals surface area contributed by atoms with Gasteiger partial charge in [-0.2, -0.15) is 11.8 Å². The molecule has 0 aliphatic rings. The Hall–Kier alpha value is 0.01000. The minimum Gasteiger partial charge on any atom is -0.309 e. The van der Waals surface area contributed by atoms with Crippen LogP contribution < -0.4 is 5.32 Å². The molecular formula is C11H19NS2. The zero-order valence-corrected chi connectivity index (χ0v) is 10.8. The average Bonchev–Trinajstić information content (AvgIpc) is 2.59. The summed E-state index contributed by atoms with van der Waals surface area (Å²) in [6, 6.07) is 2.79. The molecule has 1 rings (SSSR count). The van der Waals surface area contributed by atoms with Crippen LogP contribution in [0.25, 0.3) is 0 Å². The van der Waals surface area contributed by atoms with Crippen LogP contribution in [0, 0.1) is 6.92 Å². The lowest BCUT2D eigenvalue weighted by atomic mass is 10.1. The number of aryl methyl sites for hydroxylation is 1. The number of hydrogen-bond donors (Lipinski definition) is 1. The van der Waals surface area contributed by atoms with Crippen molar-refractivity contribution in [1.29, 1.82) is 0 Å². The van der Waals surface area contributed by atoms with E-state index in [9.17, 15) is 0 Å². The maximum Gasteiger partial charge on any atom is 0.0422 e. The summed E-state index contributed by atoms with van der Waals surface area (Å²) in [5.74, 6) is 1.16. The monoisotopic (exact) mass is 229 g/mol. The molecule has 0 saturated carbocycles. The molecule has 0 aliphatic heterocycles. The highest BCUT2D eigenvalue weighted by Gasteiger charge is 2.12. The third kappa shape index (κ3) is 3.30. The summed E-state index contributed by atoms with van der Waals surface area (Å²) in [5, 5.41) is 5.79. The highest BCUT2D eigenvalue weighted by atomic mass is 32.2. The lowest BCUT2D eigenvalue weighted by Crippen LogP contribution is -2.24. The molecule has 0 radical (unpaired) electrons. The molecular weight excluding hydrogens is 210 g/mol. The second-order valence-corrected chi connectivity index (χ2v) is 5.43. The molecule has 80 valence electrons. The van der Waals surface area contributed by atoms with E-state index in [1.165, 1.54) is 16.9 Å². The van der Waals surface area contributed by atoms with E-state index in [-0.39, 0.29) is 0 Å². The van der Waals surface area contributed by atoms with Crippen molar-refractivity contribution in [3.8, 4) is 0 Å². The number of rotatable bonds is 6. The van der Waals surface area contributed by atoms with Crippen molar-refractivity contribution in [3.63, 3.8) is 0 Å². The van der Waals surface area contributed by atoms with Crippen LogP contribution in [0.4, 0.5) is 0 Å². The largest absolute Gasteiger partial charge is 0.309 e. The zero-order valence-electron chi connectivity index (χ0n) is 9.17. The van der Waals surface area contributed by atoms with Gasteiger partial charge >= 0.3 is 0 Å². The third-order valence-corrected chi connectivity index (χ3v) is 3.78. The van der Waals surface area contributed by atoms with Crippen LogP contribution in [0.15, 0.2) is 11.4 Å². The van der Waals surface area contributed by atoms with Crippen LogP contribution >= 0.6 is 23.1 Å². The summed E-state index contributed by atoms with van der Waals surface area (Å²) in [7, 11) is 0. The van der Waals surface area contributed by atoms with E-state index in [0.29, 0.717) is 6.04 Å². The summed E-state index contributed by atoms with van der Waals surface area (Å²) in [4.78, 5) is 1.45. The van der Waals surface area contributed by atoms with E-state index in [1.54, 1.807) is 0 Å². The van der Waals surface area contributed by atoms with Gasteiger partial charge in [0.25, 0.3) is 0 Å². The number of thiophene rings is 1. The predicted octanol–water partition coefficient (Wildman–Crippen LogP) is 3.46. The highest BCUT2D eigenvalue weighted by Crippen LogP contribution is 2.24. The summed E-state index contributed by atoms with van der Waals surface area (Å²) in [5.41, 5.74) is 1.48. The Morgan fingerprint density at radius 3 is 2.86 bits per heavy atom. The average molecular weight is 229 g/mol. The molecule has 1 N–H and O–H groups in total. The predicted molar refractivity (Wildman–Crippen MR) is 68.5 cm³/mol. The first-order valence-electron chi connectivity index (χ1n) is 5.06. The molecule has 0 spiro atoms. The van der Waals surface area contributed by atoms with Gasteiger partial charge in [0.05, 0.1) is 0 Å². The molecule has 0 aromatic carbocycles. The van der Waals surface area contributed by atoms with Gasteiger partial charge in [0, 0.05) is 16.7 Å². The van der Waals surface area contributed by atoms with Crippen molar-refractivity contribution in [3.05, 3.63) is 21.9 Å². The molecule has 14 heavy (non-hydrogen) atoms. The van der Waals surface area contributed by atoms with Gasteiger partial charge in [-0.05, 0) is 43.2 Å². The van der Waals surface area contributed by atoms with Gasteiger partial charge in [-0.3, -0.25) is 0 Å². The minimum atomic E-state index is 0.538. The number of hydrogen-bond acceptors (Lipinski definition) is 3. The molecule has 0 aliphatic carbocycles. The number of thioether (sulfide) groups is 1. The van der Waals surface area contributed by atoms with Crippen LogP contribution in [0.1, 0.15) is 29.8 Å². The Bertz CT molecular complexity index is 258. The highest BCUT2D eigenvalue weighted by molar-refractivity contribution is 7.98. The molecule has 1 heterocycles. The minimum absolute atomic E-state index is 0.538. The smallest absolute Gasteiger partial charge is 0.0422 e. The van der Waals surface area contributed by atoms with Crippen molar-refractivity contribution in [2.75, 3.05) is 18.6 Å². The molecule has 3 heteroatoms. The Balaban J connectivity index is 2.62. The van der Waals surface area contributed by atoms with Gasteiger partial charge < -0.3 is 5.32 Å². The fourth-order valence-electron chi connectivity index (χ4n) is 1.50. The van der Waals surface area contributed by atoms with E-state index >= 15 is 0 Å². The molecule has 1 atom stereocenters. The molecule has 1 aromatic heterocycles. The van der Waals surface area contributed by atoms with Crippen LogP contribution in [0.5, 0.6) is 0 Å². The molecule has 1 aromatic rings. The summed E-state index contributed by atoms with van der Waals surface area (Å²) in [6.07, 6.45) is 3.37. The first-order valence-corrected chi connectivity index (χ1v) is 7.33. The maximum absolute atomic E-state index is 3.60.